The van der Waals surface area contributed by atoms with Crippen LogP contribution in [-0.4, -0.2) is 51.4 Å². The van der Waals surface area contributed by atoms with Crippen molar-refractivity contribution in [1.82, 2.24) is 10.2 Å². The van der Waals surface area contributed by atoms with E-state index in [4.69, 9.17) is 9.47 Å². The van der Waals surface area contributed by atoms with E-state index >= 15 is 0 Å². The Bertz CT molecular complexity index is 450. The lowest BCUT2D eigenvalue weighted by molar-refractivity contribution is -0.0613. The molecular weight excluding hydrogens is 264 g/mol. The Labute approximate surface area is 128 Å². The first-order valence-corrected chi connectivity index (χ1v) is 7.84. The largest absolute Gasteiger partial charge is 0.496 e. The number of benzene rings is 1. The van der Waals surface area contributed by atoms with E-state index in [1.807, 2.05) is 0 Å². The first-order valence-electron chi connectivity index (χ1n) is 7.84. The highest BCUT2D eigenvalue weighted by Gasteiger charge is 2.31. The molecule has 0 saturated carbocycles. The molecule has 2 unspecified atom stereocenters. The average Bonchev–Trinajstić information content (AvgIpc) is 2.47. The second kappa shape index (κ2) is 7.78. The average molecular weight is 292 g/mol. The highest BCUT2D eigenvalue weighted by atomic mass is 16.5. The number of nitrogens with zero attached hydrogens (tertiary/aromatic N) is 1. The number of hydrogen-bond acceptors (Lipinski definition) is 4. The van der Waals surface area contributed by atoms with Crippen LogP contribution in [0.2, 0.25) is 0 Å². The number of methoxy groups -OCH3 is 1. The summed E-state index contributed by atoms with van der Waals surface area (Å²) < 4.78 is 11.4. The molecule has 0 aromatic heterocycles. The Morgan fingerprint density at radius 1 is 1.43 bits per heavy atom. The van der Waals surface area contributed by atoms with E-state index in [-0.39, 0.29) is 6.10 Å². The van der Waals surface area contributed by atoms with Crippen molar-refractivity contribution in [2.45, 2.75) is 32.4 Å². The van der Waals surface area contributed by atoms with E-state index in [0.29, 0.717) is 6.04 Å². The van der Waals surface area contributed by atoms with Gasteiger partial charge in [0.05, 0.1) is 25.9 Å². The van der Waals surface area contributed by atoms with Gasteiger partial charge in [-0.25, -0.2) is 0 Å². The smallest absolute Gasteiger partial charge is 0.121 e. The van der Waals surface area contributed by atoms with E-state index in [1.165, 1.54) is 11.1 Å². The molecule has 0 aliphatic carbocycles. The van der Waals surface area contributed by atoms with Crippen LogP contribution in [0, 0.1) is 6.92 Å². The van der Waals surface area contributed by atoms with Gasteiger partial charge in [0.2, 0.25) is 0 Å². The third-order valence-corrected chi connectivity index (χ3v) is 4.14. The summed E-state index contributed by atoms with van der Waals surface area (Å²) in [6.07, 6.45) is 1.34. The summed E-state index contributed by atoms with van der Waals surface area (Å²) >= 11 is 0. The van der Waals surface area contributed by atoms with E-state index < -0.39 is 0 Å². The molecule has 1 N–H and O–H groups in total. The van der Waals surface area contributed by atoms with Crippen molar-refractivity contribution in [1.29, 1.82) is 0 Å². The molecule has 1 aliphatic heterocycles. The van der Waals surface area contributed by atoms with Crippen LogP contribution in [-0.2, 0) is 4.74 Å². The van der Waals surface area contributed by atoms with Crippen LogP contribution in [0.25, 0.3) is 0 Å². The van der Waals surface area contributed by atoms with Crippen molar-refractivity contribution in [2.24, 2.45) is 0 Å². The third kappa shape index (κ3) is 3.96. The fourth-order valence-electron chi connectivity index (χ4n) is 3.01. The summed E-state index contributed by atoms with van der Waals surface area (Å²) in [4.78, 5) is 2.39. The molecule has 1 aromatic carbocycles. The number of hydrogen-bond donors (Lipinski definition) is 1. The van der Waals surface area contributed by atoms with Crippen molar-refractivity contribution in [3.8, 4) is 5.75 Å². The van der Waals surface area contributed by atoms with Crippen molar-refractivity contribution in [2.75, 3.05) is 40.4 Å². The molecule has 21 heavy (non-hydrogen) atoms. The van der Waals surface area contributed by atoms with Crippen LogP contribution in [0.4, 0.5) is 0 Å². The maximum atomic E-state index is 6.02. The SMILES string of the molecule is CCCNCC1OCCN(C)C1c1ccc(OC)c(C)c1. The molecule has 2 rings (SSSR count). The Morgan fingerprint density at radius 3 is 2.90 bits per heavy atom. The summed E-state index contributed by atoms with van der Waals surface area (Å²) in [6, 6.07) is 6.74. The van der Waals surface area contributed by atoms with E-state index in [2.05, 4.69) is 49.3 Å². The number of likely N-dealkylation sites (N-methyl/N-ethyl adjacent to an activating group) is 1. The maximum absolute atomic E-state index is 6.02. The van der Waals surface area contributed by atoms with Gasteiger partial charge in [-0.3, -0.25) is 4.90 Å². The Balaban J connectivity index is 2.16. The second-order valence-corrected chi connectivity index (χ2v) is 5.77. The fraction of sp³-hybridized carbons (Fsp3) is 0.647. The molecule has 4 nitrogen and oxygen atoms in total. The Kier molecular flexibility index (Phi) is 6.03. The monoisotopic (exact) mass is 292 g/mol. The van der Waals surface area contributed by atoms with Gasteiger partial charge in [0.15, 0.2) is 0 Å². The predicted octanol–water partition coefficient (Wildman–Crippen LogP) is 2.37. The van der Waals surface area contributed by atoms with Gasteiger partial charge in [-0.05, 0) is 44.1 Å². The van der Waals surface area contributed by atoms with Gasteiger partial charge in [-0.1, -0.05) is 19.1 Å². The van der Waals surface area contributed by atoms with E-state index in [0.717, 1.165) is 38.4 Å². The van der Waals surface area contributed by atoms with Crippen molar-refractivity contribution < 1.29 is 9.47 Å². The minimum absolute atomic E-state index is 0.197. The van der Waals surface area contributed by atoms with Gasteiger partial charge in [-0.15, -0.1) is 0 Å². The molecule has 1 fully saturated rings. The lowest BCUT2D eigenvalue weighted by atomic mass is 9.96. The van der Waals surface area contributed by atoms with Crippen molar-refractivity contribution in [3.63, 3.8) is 0 Å². The van der Waals surface area contributed by atoms with E-state index in [1.54, 1.807) is 7.11 Å². The van der Waals surface area contributed by atoms with Gasteiger partial charge >= 0.3 is 0 Å². The first-order chi connectivity index (χ1) is 10.2. The normalized spacial score (nSPS) is 23.2. The highest BCUT2D eigenvalue weighted by Crippen LogP contribution is 2.31. The van der Waals surface area contributed by atoms with Gasteiger partial charge in [-0.2, -0.15) is 0 Å². The summed E-state index contributed by atoms with van der Waals surface area (Å²) in [5.41, 5.74) is 2.48. The summed E-state index contributed by atoms with van der Waals surface area (Å²) in [7, 11) is 3.90. The highest BCUT2D eigenvalue weighted by molar-refractivity contribution is 5.38. The molecule has 1 aliphatic rings. The van der Waals surface area contributed by atoms with Crippen LogP contribution in [0.1, 0.15) is 30.5 Å². The number of morpholine rings is 1. The second-order valence-electron chi connectivity index (χ2n) is 5.77. The van der Waals surface area contributed by atoms with Gasteiger partial charge in [0.25, 0.3) is 0 Å². The summed E-state index contributed by atoms with van der Waals surface area (Å²) in [5, 5.41) is 3.49. The lowest BCUT2D eigenvalue weighted by Crippen LogP contribution is -2.47. The molecule has 1 saturated heterocycles. The van der Waals surface area contributed by atoms with Crippen LogP contribution in [0.5, 0.6) is 5.75 Å². The van der Waals surface area contributed by atoms with Crippen LogP contribution < -0.4 is 10.1 Å². The summed E-state index contributed by atoms with van der Waals surface area (Å²) in [5.74, 6) is 0.943. The molecule has 4 heteroatoms. The van der Waals surface area contributed by atoms with Gasteiger partial charge in [0, 0.05) is 13.1 Å². The summed E-state index contributed by atoms with van der Waals surface area (Å²) in [6.45, 7) is 7.99. The van der Waals surface area contributed by atoms with Crippen LogP contribution in [0.3, 0.4) is 0 Å². The quantitative estimate of drug-likeness (QED) is 0.816. The molecule has 0 amide bonds. The zero-order valence-corrected chi connectivity index (χ0v) is 13.7. The minimum Gasteiger partial charge on any atom is -0.496 e. The Hall–Kier alpha value is -1.10. The number of aryl methyl sites for hydroxylation is 1. The molecule has 2 atom stereocenters. The molecule has 0 bridgehead atoms. The Morgan fingerprint density at radius 2 is 2.24 bits per heavy atom. The lowest BCUT2D eigenvalue weighted by Gasteiger charge is -2.39. The van der Waals surface area contributed by atoms with Gasteiger partial charge < -0.3 is 14.8 Å². The van der Waals surface area contributed by atoms with Gasteiger partial charge in [0.1, 0.15) is 5.75 Å². The molecular formula is C17H28N2O2. The molecule has 1 heterocycles. The third-order valence-electron chi connectivity index (χ3n) is 4.14. The number of rotatable bonds is 6. The zero-order valence-electron chi connectivity index (χ0n) is 13.7. The standard InChI is InChI=1S/C17H28N2O2/c1-5-8-18-12-16-17(19(3)9-10-21-16)14-6-7-15(20-4)13(2)11-14/h6-7,11,16-18H,5,8-10,12H2,1-4H3. The maximum Gasteiger partial charge on any atom is 0.121 e. The van der Waals surface area contributed by atoms with Crippen molar-refractivity contribution in [3.05, 3.63) is 29.3 Å². The molecule has 0 radical (unpaired) electrons. The predicted molar refractivity (Wildman–Crippen MR) is 86.0 cm³/mol. The molecule has 0 spiro atoms. The van der Waals surface area contributed by atoms with E-state index in [9.17, 15) is 0 Å². The van der Waals surface area contributed by atoms with Crippen LogP contribution >= 0.6 is 0 Å². The van der Waals surface area contributed by atoms with Crippen LogP contribution in [0.15, 0.2) is 18.2 Å². The molecule has 118 valence electrons. The zero-order chi connectivity index (χ0) is 15.2. The molecule has 1 aromatic rings. The minimum atomic E-state index is 0.197. The number of ether oxygens (including phenoxy) is 2. The topological polar surface area (TPSA) is 33.7 Å². The fourth-order valence-corrected chi connectivity index (χ4v) is 3.01. The van der Waals surface area contributed by atoms with Crippen molar-refractivity contribution >= 4 is 0 Å². The first kappa shape index (κ1) is 16.3. The number of nitrogens with one attached hydrogen (secondary N) is 1.